The second kappa shape index (κ2) is 5.62. The van der Waals surface area contributed by atoms with E-state index in [1.807, 2.05) is 6.92 Å². The van der Waals surface area contributed by atoms with E-state index in [0.717, 1.165) is 32.5 Å². The minimum atomic E-state index is -0.781. The van der Waals surface area contributed by atoms with Crippen LogP contribution in [0.25, 0.3) is 0 Å². The Kier molecular flexibility index (Phi) is 4.02. The molecular formula is C15H27N3O2. The lowest BCUT2D eigenvalue weighted by Crippen LogP contribution is -2.62. The van der Waals surface area contributed by atoms with Crippen molar-refractivity contribution in [3.63, 3.8) is 0 Å². The molecule has 2 atom stereocenters. The summed E-state index contributed by atoms with van der Waals surface area (Å²) in [7, 11) is 0. The molecule has 3 fully saturated rings. The molecule has 5 nitrogen and oxygen atoms in total. The third-order valence-corrected chi connectivity index (χ3v) is 5.12. The van der Waals surface area contributed by atoms with E-state index in [9.17, 15) is 4.79 Å². The molecular weight excluding hydrogens is 254 g/mol. The minimum Gasteiger partial charge on any atom is -0.465 e. The first-order valence-electron chi connectivity index (χ1n) is 8.06. The number of hydrogen-bond donors (Lipinski definition) is 1. The second-order valence-corrected chi connectivity index (χ2v) is 6.60. The van der Waals surface area contributed by atoms with Gasteiger partial charge in [-0.25, -0.2) is 4.79 Å². The van der Waals surface area contributed by atoms with Gasteiger partial charge in [-0.1, -0.05) is 0 Å². The van der Waals surface area contributed by atoms with Crippen molar-refractivity contribution in [2.75, 3.05) is 39.3 Å². The van der Waals surface area contributed by atoms with Crippen LogP contribution >= 0.6 is 0 Å². The Morgan fingerprint density at radius 3 is 2.80 bits per heavy atom. The molecule has 2 unspecified atom stereocenters. The number of ether oxygens (including phenoxy) is 1. The number of carbonyl (C=O) groups excluding carboxylic acids is 1. The molecule has 0 amide bonds. The van der Waals surface area contributed by atoms with Crippen molar-refractivity contribution in [3.05, 3.63) is 0 Å². The van der Waals surface area contributed by atoms with Crippen molar-refractivity contribution in [2.45, 2.75) is 44.2 Å². The van der Waals surface area contributed by atoms with Crippen LogP contribution in [0.5, 0.6) is 0 Å². The molecule has 0 aromatic heterocycles. The zero-order valence-electron chi connectivity index (χ0n) is 12.5. The highest BCUT2D eigenvalue weighted by molar-refractivity contribution is 5.82. The molecule has 0 radical (unpaired) electrons. The maximum absolute atomic E-state index is 12.3. The lowest BCUT2D eigenvalue weighted by atomic mass is 9.93. The van der Waals surface area contributed by atoms with Gasteiger partial charge in [0.25, 0.3) is 0 Å². The summed E-state index contributed by atoms with van der Waals surface area (Å²) in [6.45, 7) is 7.39. The van der Waals surface area contributed by atoms with Gasteiger partial charge in [-0.15, -0.1) is 0 Å². The van der Waals surface area contributed by atoms with Crippen LogP contribution in [0, 0.1) is 5.92 Å². The quantitative estimate of drug-likeness (QED) is 0.741. The van der Waals surface area contributed by atoms with E-state index >= 15 is 0 Å². The fraction of sp³-hybridized carbons (Fsp3) is 0.933. The van der Waals surface area contributed by atoms with Crippen molar-refractivity contribution in [3.8, 4) is 0 Å². The maximum Gasteiger partial charge on any atom is 0.327 e. The van der Waals surface area contributed by atoms with E-state index in [1.54, 1.807) is 0 Å². The van der Waals surface area contributed by atoms with Gasteiger partial charge in [-0.05, 0) is 45.1 Å². The molecule has 3 aliphatic rings. The highest BCUT2D eigenvalue weighted by atomic mass is 16.5. The normalized spacial score (nSPS) is 30.8. The Hall–Kier alpha value is -0.650. The molecule has 0 aromatic rings. The Bertz CT molecular complexity index is 372. The van der Waals surface area contributed by atoms with E-state index in [-0.39, 0.29) is 5.97 Å². The van der Waals surface area contributed by atoms with Gasteiger partial charge in [-0.2, -0.15) is 0 Å². The highest BCUT2D eigenvalue weighted by Crippen LogP contribution is 2.40. The maximum atomic E-state index is 12.3. The van der Waals surface area contributed by atoms with E-state index in [2.05, 4.69) is 9.80 Å². The van der Waals surface area contributed by atoms with Crippen LogP contribution in [0.2, 0.25) is 0 Å². The summed E-state index contributed by atoms with van der Waals surface area (Å²) in [5, 5.41) is 0. The van der Waals surface area contributed by atoms with E-state index in [4.69, 9.17) is 10.5 Å². The Morgan fingerprint density at radius 1 is 1.30 bits per heavy atom. The predicted octanol–water partition coefficient (Wildman–Crippen LogP) is 0.437. The molecule has 20 heavy (non-hydrogen) atoms. The summed E-state index contributed by atoms with van der Waals surface area (Å²) in [4.78, 5) is 17.2. The second-order valence-electron chi connectivity index (χ2n) is 6.60. The van der Waals surface area contributed by atoms with Crippen molar-refractivity contribution in [2.24, 2.45) is 11.7 Å². The van der Waals surface area contributed by atoms with Gasteiger partial charge in [0.1, 0.15) is 5.54 Å². The number of rotatable bonds is 5. The zero-order valence-corrected chi connectivity index (χ0v) is 12.5. The number of hydrogen-bond acceptors (Lipinski definition) is 5. The highest BCUT2D eigenvalue weighted by Gasteiger charge is 2.50. The molecule has 0 bridgehead atoms. The summed E-state index contributed by atoms with van der Waals surface area (Å²) in [5.74, 6) is 0.125. The van der Waals surface area contributed by atoms with Gasteiger partial charge in [0.15, 0.2) is 0 Å². The number of nitrogens with zero attached hydrogens (tertiary/aromatic N) is 2. The summed E-state index contributed by atoms with van der Waals surface area (Å²) in [6, 6.07) is 0.675. The third-order valence-electron chi connectivity index (χ3n) is 5.12. The van der Waals surface area contributed by atoms with E-state index in [0.29, 0.717) is 25.1 Å². The topological polar surface area (TPSA) is 58.8 Å². The van der Waals surface area contributed by atoms with Gasteiger partial charge in [0, 0.05) is 32.2 Å². The van der Waals surface area contributed by atoms with Gasteiger partial charge in [0.2, 0.25) is 0 Å². The zero-order chi connectivity index (χ0) is 14.2. The van der Waals surface area contributed by atoms with Crippen LogP contribution in [0.1, 0.15) is 32.6 Å². The third kappa shape index (κ3) is 2.71. The lowest BCUT2D eigenvalue weighted by molar-refractivity contribution is -0.151. The largest absolute Gasteiger partial charge is 0.465 e. The number of fused-ring (bicyclic) bond motifs is 1. The first-order valence-corrected chi connectivity index (χ1v) is 8.06. The molecule has 0 aromatic carbocycles. The molecule has 1 aliphatic carbocycles. The average molecular weight is 281 g/mol. The summed E-state index contributed by atoms with van der Waals surface area (Å²) in [5.41, 5.74) is 5.69. The van der Waals surface area contributed by atoms with E-state index < -0.39 is 5.54 Å². The lowest BCUT2D eigenvalue weighted by Gasteiger charge is -2.41. The minimum absolute atomic E-state index is 0.198. The van der Waals surface area contributed by atoms with Gasteiger partial charge < -0.3 is 10.5 Å². The van der Waals surface area contributed by atoms with Crippen LogP contribution in [-0.4, -0.2) is 66.7 Å². The van der Waals surface area contributed by atoms with Crippen molar-refractivity contribution < 1.29 is 9.53 Å². The van der Waals surface area contributed by atoms with Crippen molar-refractivity contribution in [1.82, 2.24) is 9.80 Å². The first-order chi connectivity index (χ1) is 9.63. The molecule has 2 aliphatic heterocycles. The van der Waals surface area contributed by atoms with E-state index in [1.165, 1.54) is 19.4 Å². The van der Waals surface area contributed by atoms with Gasteiger partial charge in [0.05, 0.1) is 6.61 Å². The standard InChI is InChI=1S/C15H27N3O2/c1-2-20-14(19)15(16,12-5-6-12)11-17-8-9-18-7-3-4-13(18)10-17/h12-13H,2-11,16H2,1H3. The summed E-state index contributed by atoms with van der Waals surface area (Å²) >= 11 is 0. The van der Waals surface area contributed by atoms with Crippen molar-refractivity contribution in [1.29, 1.82) is 0 Å². The summed E-state index contributed by atoms with van der Waals surface area (Å²) < 4.78 is 5.24. The number of carbonyl (C=O) groups is 1. The molecule has 2 heterocycles. The molecule has 0 spiro atoms. The molecule has 2 saturated heterocycles. The monoisotopic (exact) mass is 281 g/mol. The molecule has 3 rings (SSSR count). The molecule has 5 heteroatoms. The van der Waals surface area contributed by atoms with Gasteiger partial charge in [-0.3, -0.25) is 9.80 Å². The smallest absolute Gasteiger partial charge is 0.327 e. The number of nitrogens with two attached hydrogens (primary N) is 1. The molecule has 114 valence electrons. The summed E-state index contributed by atoms with van der Waals surface area (Å²) in [6.07, 6.45) is 4.74. The number of esters is 1. The Morgan fingerprint density at radius 2 is 2.10 bits per heavy atom. The Labute approximate surface area is 121 Å². The Balaban J connectivity index is 1.63. The van der Waals surface area contributed by atoms with Crippen LogP contribution in [0.3, 0.4) is 0 Å². The van der Waals surface area contributed by atoms with Crippen LogP contribution in [0.4, 0.5) is 0 Å². The van der Waals surface area contributed by atoms with Crippen molar-refractivity contribution >= 4 is 5.97 Å². The number of piperazine rings is 1. The fourth-order valence-electron chi connectivity index (χ4n) is 3.79. The van der Waals surface area contributed by atoms with Crippen LogP contribution < -0.4 is 5.73 Å². The predicted molar refractivity (Wildman–Crippen MR) is 77.3 cm³/mol. The fourth-order valence-corrected chi connectivity index (χ4v) is 3.79. The molecule has 1 saturated carbocycles. The average Bonchev–Trinajstić information content (AvgIpc) is 3.18. The SMILES string of the molecule is CCOC(=O)C(N)(CN1CCN2CCCC2C1)C1CC1. The van der Waals surface area contributed by atoms with Gasteiger partial charge >= 0.3 is 5.97 Å². The molecule has 2 N–H and O–H groups in total. The van der Waals surface area contributed by atoms with Crippen LogP contribution in [-0.2, 0) is 9.53 Å². The van der Waals surface area contributed by atoms with Crippen LogP contribution in [0.15, 0.2) is 0 Å². The first kappa shape index (κ1) is 14.3.